The van der Waals surface area contributed by atoms with Crippen LogP contribution >= 0.6 is 23.2 Å². The predicted molar refractivity (Wildman–Crippen MR) is 236 cm³/mol. The average Bonchev–Trinajstić information content (AvgIpc) is 3.64. The summed E-state index contributed by atoms with van der Waals surface area (Å²) in [5.41, 5.74) is 5.32. The van der Waals surface area contributed by atoms with E-state index in [1.54, 1.807) is 30.3 Å². The molecular weight excluding hydrogens is 861 g/mol. The van der Waals surface area contributed by atoms with Gasteiger partial charge in [-0.3, -0.25) is 18.6 Å². The number of hydrogen-bond acceptors (Lipinski definition) is 8. The van der Waals surface area contributed by atoms with E-state index in [1.807, 2.05) is 35.8 Å². The van der Waals surface area contributed by atoms with Crippen molar-refractivity contribution < 1.29 is 26.1 Å². The van der Waals surface area contributed by atoms with Gasteiger partial charge in [0, 0.05) is 77.3 Å². The number of hydrogen-bond donors (Lipinski definition) is 0. The van der Waals surface area contributed by atoms with Crippen LogP contribution in [0.25, 0.3) is 11.0 Å². The van der Waals surface area contributed by atoms with Gasteiger partial charge in [-0.1, -0.05) is 52.6 Å². The van der Waals surface area contributed by atoms with Crippen LogP contribution in [0.2, 0.25) is 10.0 Å². The molecule has 62 heavy (non-hydrogen) atoms. The molecule has 0 radical (unpaired) electrons. The Balaban J connectivity index is 0.000000171. The maximum absolute atomic E-state index is 13.8. The number of piperidine rings is 1. The third kappa shape index (κ3) is 9.74. The number of anilines is 1. The van der Waals surface area contributed by atoms with Gasteiger partial charge in [-0.25, -0.2) is 26.6 Å². The fraction of sp³-hybridized carbons (Fsp3) is 0.370. The number of benzene rings is 4. The molecule has 2 saturated heterocycles. The van der Waals surface area contributed by atoms with Crippen LogP contribution in [0.3, 0.4) is 0 Å². The number of fused-ring (bicyclic) bond motifs is 2. The van der Waals surface area contributed by atoms with Gasteiger partial charge in [-0.05, 0) is 112 Å². The van der Waals surface area contributed by atoms with Crippen LogP contribution in [0, 0.1) is 24.4 Å². The molecule has 0 bridgehead atoms. The monoisotopic (exact) mass is 906 g/mol. The van der Waals surface area contributed by atoms with E-state index in [1.165, 1.54) is 12.1 Å². The fourth-order valence-electron chi connectivity index (χ4n) is 9.03. The maximum Gasteiger partial charge on any atom is 0.256 e. The highest BCUT2D eigenvalue weighted by Gasteiger charge is 2.41. The summed E-state index contributed by atoms with van der Waals surface area (Å²) in [5.74, 6) is -0.684. The van der Waals surface area contributed by atoms with Crippen molar-refractivity contribution >= 4 is 49.9 Å². The number of halogens is 5. The van der Waals surface area contributed by atoms with E-state index in [2.05, 4.69) is 15.0 Å². The van der Waals surface area contributed by atoms with E-state index in [-0.39, 0.29) is 23.1 Å². The quantitative estimate of drug-likeness (QED) is 0.134. The lowest BCUT2D eigenvalue weighted by Crippen LogP contribution is -2.61. The third-order valence-electron chi connectivity index (χ3n) is 12.1. The molecule has 3 aliphatic heterocycles. The molecule has 326 valence electrons. The Morgan fingerprint density at radius 1 is 0.839 bits per heavy atom. The van der Waals surface area contributed by atoms with Gasteiger partial charge >= 0.3 is 0 Å². The molecule has 9 rings (SSSR count). The molecule has 0 spiro atoms. The molecule has 3 aliphatic rings. The summed E-state index contributed by atoms with van der Waals surface area (Å²) in [4.78, 5) is 22.2. The standard InChI is InChI=1S/C23H20Cl2F2N2O2S.C23H27FN4O2/c1-32(30,31)29(21-11-19(26)10-20(27)12-21)22-13-28(14-22)23(15-2-6-17(24)7-3-15)16-4-8-18(25)9-5-16;1-15-18(23(29)28-10-3-2-4-21(28)25-15)9-13-27-11-7-16(8-12-27)22-19-6-5-17(24)14-20(19)30-26-22/h2-12,22-23H,13-14H2,1H3;5-6,14,16H,2-4,7-13H2,1H3. The van der Waals surface area contributed by atoms with Crippen molar-refractivity contribution in [3.05, 3.63) is 157 Å². The van der Waals surface area contributed by atoms with Crippen molar-refractivity contribution in [1.29, 1.82) is 0 Å². The summed E-state index contributed by atoms with van der Waals surface area (Å²) in [7, 11) is -3.76. The van der Waals surface area contributed by atoms with Crippen LogP contribution in [0.1, 0.15) is 71.5 Å². The zero-order valence-corrected chi connectivity index (χ0v) is 36.7. The van der Waals surface area contributed by atoms with Crippen LogP contribution in [-0.4, -0.2) is 77.9 Å². The molecular formula is C46H47Cl2F3N6O4S. The molecule has 16 heteroatoms. The molecule has 4 aromatic carbocycles. The Bertz CT molecular complexity index is 2660. The smallest absolute Gasteiger partial charge is 0.256 e. The molecule has 2 aromatic heterocycles. The number of rotatable bonds is 10. The van der Waals surface area contributed by atoms with Crippen molar-refractivity contribution in [3.63, 3.8) is 0 Å². The zero-order chi connectivity index (χ0) is 43.7. The normalized spacial score (nSPS) is 16.5. The maximum atomic E-state index is 13.8. The van der Waals surface area contributed by atoms with E-state index in [4.69, 9.17) is 32.7 Å². The topological polar surface area (TPSA) is 105 Å². The van der Waals surface area contributed by atoms with Crippen molar-refractivity contribution in [2.45, 2.75) is 70.0 Å². The largest absolute Gasteiger partial charge is 0.356 e. The number of aromatic nitrogens is 3. The number of aryl methyl sites for hydroxylation is 2. The summed E-state index contributed by atoms with van der Waals surface area (Å²) in [6, 6.07) is 21.7. The molecule has 0 unspecified atom stereocenters. The fourth-order valence-corrected chi connectivity index (χ4v) is 10.4. The van der Waals surface area contributed by atoms with Crippen molar-refractivity contribution in [2.24, 2.45) is 0 Å². The number of likely N-dealkylation sites (tertiary alicyclic amines) is 2. The van der Waals surface area contributed by atoms with Crippen molar-refractivity contribution in [3.8, 4) is 0 Å². The van der Waals surface area contributed by atoms with Gasteiger partial charge in [0.15, 0.2) is 5.58 Å². The van der Waals surface area contributed by atoms with E-state index in [0.717, 1.165) is 127 Å². The molecule has 0 amide bonds. The summed E-state index contributed by atoms with van der Waals surface area (Å²) in [6.45, 7) is 6.31. The van der Waals surface area contributed by atoms with E-state index < -0.39 is 27.7 Å². The van der Waals surface area contributed by atoms with E-state index in [9.17, 15) is 26.4 Å². The first-order valence-electron chi connectivity index (χ1n) is 20.8. The van der Waals surface area contributed by atoms with Gasteiger partial charge in [-0.2, -0.15) is 0 Å². The molecule has 2 fully saturated rings. The minimum absolute atomic E-state index is 0.0239. The summed E-state index contributed by atoms with van der Waals surface area (Å²) < 4.78 is 74.3. The van der Waals surface area contributed by atoms with Crippen LogP contribution in [0.15, 0.2) is 94.2 Å². The van der Waals surface area contributed by atoms with Crippen molar-refractivity contribution in [1.82, 2.24) is 24.5 Å². The number of sulfonamides is 1. The van der Waals surface area contributed by atoms with Gasteiger partial charge < -0.3 is 9.42 Å². The van der Waals surface area contributed by atoms with E-state index in [0.29, 0.717) is 40.7 Å². The van der Waals surface area contributed by atoms with Crippen LogP contribution in [0.4, 0.5) is 18.9 Å². The molecule has 0 aliphatic carbocycles. The second-order valence-electron chi connectivity index (χ2n) is 16.4. The molecule has 5 heterocycles. The highest BCUT2D eigenvalue weighted by molar-refractivity contribution is 7.92. The lowest BCUT2D eigenvalue weighted by atomic mass is 9.91. The Hall–Kier alpha value is -4.73. The van der Waals surface area contributed by atoms with Gasteiger partial charge in [-0.15, -0.1) is 0 Å². The summed E-state index contributed by atoms with van der Waals surface area (Å²) in [6.07, 6.45) is 6.85. The highest BCUT2D eigenvalue weighted by Crippen LogP contribution is 2.37. The first-order chi connectivity index (χ1) is 29.7. The van der Waals surface area contributed by atoms with Crippen LogP contribution < -0.4 is 9.86 Å². The zero-order valence-electron chi connectivity index (χ0n) is 34.4. The first-order valence-corrected chi connectivity index (χ1v) is 23.4. The molecule has 10 nitrogen and oxygen atoms in total. The van der Waals surface area contributed by atoms with Crippen LogP contribution in [0.5, 0.6) is 0 Å². The SMILES string of the molecule is CS(=O)(=O)N(c1cc(F)cc(F)c1)C1CN(C(c2ccc(Cl)cc2)c2ccc(Cl)cc2)C1.Cc1nc2n(c(=O)c1CCN1CCC(c3noc4cc(F)ccc34)CC1)CCCC2. The van der Waals surface area contributed by atoms with Gasteiger partial charge in [0.05, 0.1) is 29.7 Å². The minimum Gasteiger partial charge on any atom is -0.356 e. The second-order valence-corrected chi connectivity index (χ2v) is 19.1. The van der Waals surface area contributed by atoms with Crippen LogP contribution in [-0.2, 0) is 29.4 Å². The summed E-state index contributed by atoms with van der Waals surface area (Å²) >= 11 is 12.1. The second kappa shape index (κ2) is 18.5. The molecule has 0 N–H and O–H groups in total. The van der Waals surface area contributed by atoms with Gasteiger partial charge in [0.2, 0.25) is 10.0 Å². The van der Waals surface area contributed by atoms with Crippen molar-refractivity contribution in [2.75, 3.05) is 43.3 Å². The van der Waals surface area contributed by atoms with Gasteiger partial charge in [0.25, 0.3) is 5.56 Å². The Morgan fingerprint density at radius 2 is 1.47 bits per heavy atom. The summed E-state index contributed by atoms with van der Waals surface area (Å²) in [5, 5.41) is 6.37. The predicted octanol–water partition coefficient (Wildman–Crippen LogP) is 9.10. The average molecular weight is 908 g/mol. The Morgan fingerprint density at radius 3 is 2.08 bits per heavy atom. The molecule has 0 atom stereocenters. The Labute approximate surface area is 368 Å². The molecule has 6 aromatic rings. The third-order valence-corrected chi connectivity index (χ3v) is 13.8. The lowest BCUT2D eigenvalue weighted by molar-refractivity contribution is 0.116. The Kier molecular flexibility index (Phi) is 13.1. The first kappa shape index (κ1) is 43.9. The highest BCUT2D eigenvalue weighted by atomic mass is 35.5. The molecule has 0 saturated carbocycles. The minimum atomic E-state index is -3.76. The number of nitrogens with zero attached hydrogens (tertiary/aromatic N) is 6. The van der Waals surface area contributed by atoms with E-state index >= 15 is 0 Å². The van der Waals surface area contributed by atoms with Gasteiger partial charge in [0.1, 0.15) is 23.3 Å². The lowest BCUT2D eigenvalue weighted by Gasteiger charge is -2.48.